The predicted octanol–water partition coefficient (Wildman–Crippen LogP) is -1.11. The molecule has 0 saturated heterocycles. The summed E-state index contributed by atoms with van der Waals surface area (Å²) < 4.78 is 0. The van der Waals surface area contributed by atoms with Gasteiger partial charge in [0.15, 0.2) is 6.61 Å². The van der Waals surface area contributed by atoms with Crippen LogP contribution in [0.5, 0.6) is 0 Å². The molecule has 82 valence electrons. The Morgan fingerprint density at radius 1 is 1.50 bits per heavy atom. The van der Waals surface area contributed by atoms with Gasteiger partial charge in [-0.05, 0) is 5.92 Å². The molecule has 0 radical (unpaired) electrons. The van der Waals surface area contributed by atoms with Crippen molar-refractivity contribution in [2.24, 2.45) is 17.4 Å². The monoisotopic (exact) mass is 203 g/mol. The third kappa shape index (κ3) is 4.78. The molecule has 6 nitrogen and oxygen atoms in total. The fourth-order valence-electron chi connectivity index (χ4n) is 0.759. The van der Waals surface area contributed by atoms with E-state index in [2.05, 4.69) is 10.3 Å². The zero-order valence-electron chi connectivity index (χ0n) is 8.45. The van der Waals surface area contributed by atoms with Gasteiger partial charge in [-0.15, -0.1) is 0 Å². The molecule has 0 aliphatic rings. The summed E-state index contributed by atoms with van der Waals surface area (Å²) in [6, 6.07) is -0.632. The zero-order valence-corrected chi connectivity index (χ0v) is 8.45. The van der Waals surface area contributed by atoms with Gasteiger partial charge >= 0.3 is 0 Å². The number of hydrogen-bond acceptors (Lipinski definition) is 4. The quantitative estimate of drug-likeness (QED) is 0.476. The van der Waals surface area contributed by atoms with Gasteiger partial charge < -0.3 is 11.5 Å². The maximum Gasteiger partial charge on any atom is 0.260 e. The second-order valence-electron chi connectivity index (χ2n) is 3.13. The van der Waals surface area contributed by atoms with E-state index in [0.717, 1.165) is 6.42 Å². The lowest BCUT2D eigenvalue weighted by molar-refractivity contribution is -0.139. The number of hydrogen-bond donors (Lipinski definition) is 3. The van der Waals surface area contributed by atoms with E-state index in [9.17, 15) is 9.59 Å². The van der Waals surface area contributed by atoms with Gasteiger partial charge in [0.25, 0.3) is 5.91 Å². The highest BCUT2D eigenvalue weighted by molar-refractivity contribution is 5.81. The van der Waals surface area contributed by atoms with Crippen molar-refractivity contribution in [3.8, 4) is 0 Å². The van der Waals surface area contributed by atoms with Crippen molar-refractivity contribution in [1.82, 2.24) is 5.48 Å². The zero-order chi connectivity index (χ0) is 11.1. The Morgan fingerprint density at radius 2 is 2.07 bits per heavy atom. The van der Waals surface area contributed by atoms with Crippen LogP contribution in [-0.2, 0) is 14.4 Å². The SMILES string of the molecule is CC[C@H](C)[C@H](N)C(=O)NOCC(N)=O. The molecule has 0 saturated carbocycles. The van der Waals surface area contributed by atoms with Gasteiger partial charge in [-0.2, -0.15) is 0 Å². The molecule has 0 spiro atoms. The van der Waals surface area contributed by atoms with Crippen molar-refractivity contribution in [3.05, 3.63) is 0 Å². The largest absolute Gasteiger partial charge is 0.368 e. The smallest absolute Gasteiger partial charge is 0.260 e. The Kier molecular flexibility index (Phi) is 5.82. The minimum Gasteiger partial charge on any atom is -0.368 e. The van der Waals surface area contributed by atoms with Gasteiger partial charge in [-0.25, -0.2) is 5.48 Å². The molecule has 0 rings (SSSR count). The molecular weight excluding hydrogens is 186 g/mol. The first-order valence-electron chi connectivity index (χ1n) is 4.44. The first kappa shape index (κ1) is 12.9. The van der Waals surface area contributed by atoms with Crippen LogP contribution in [0, 0.1) is 5.92 Å². The van der Waals surface area contributed by atoms with Crippen LogP contribution in [0.25, 0.3) is 0 Å². The summed E-state index contributed by atoms with van der Waals surface area (Å²) in [5.41, 5.74) is 12.4. The van der Waals surface area contributed by atoms with E-state index in [-0.39, 0.29) is 12.5 Å². The van der Waals surface area contributed by atoms with E-state index in [1.807, 2.05) is 13.8 Å². The molecule has 0 unspecified atom stereocenters. The molecule has 0 aromatic heterocycles. The summed E-state index contributed by atoms with van der Waals surface area (Å²) in [6.07, 6.45) is 0.796. The number of amides is 2. The van der Waals surface area contributed by atoms with Gasteiger partial charge in [-0.3, -0.25) is 14.4 Å². The Morgan fingerprint density at radius 3 is 2.50 bits per heavy atom. The lowest BCUT2D eigenvalue weighted by Gasteiger charge is -2.16. The second kappa shape index (κ2) is 6.33. The molecule has 0 aromatic rings. The van der Waals surface area contributed by atoms with Crippen LogP contribution < -0.4 is 16.9 Å². The van der Waals surface area contributed by atoms with Gasteiger partial charge in [0, 0.05) is 0 Å². The average Bonchev–Trinajstić information content (AvgIpc) is 2.14. The topological polar surface area (TPSA) is 107 Å². The highest BCUT2D eigenvalue weighted by Crippen LogP contribution is 2.04. The molecule has 14 heavy (non-hydrogen) atoms. The fourth-order valence-corrected chi connectivity index (χ4v) is 0.759. The summed E-state index contributed by atoms with van der Waals surface area (Å²) in [7, 11) is 0. The summed E-state index contributed by atoms with van der Waals surface area (Å²) in [4.78, 5) is 26.0. The minimum atomic E-state index is -0.651. The Labute approximate surface area is 82.9 Å². The maximum atomic E-state index is 11.2. The summed E-state index contributed by atoms with van der Waals surface area (Å²) >= 11 is 0. The van der Waals surface area contributed by atoms with Crippen LogP contribution >= 0.6 is 0 Å². The molecule has 6 heteroatoms. The molecular formula is C8H17N3O3. The number of nitrogens with one attached hydrogen (secondary N) is 1. The molecule has 0 heterocycles. The summed E-state index contributed by atoms with van der Waals surface area (Å²) in [5, 5.41) is 0. The van der Waals surface area contributed by atoms with Gasteiger partial charge in [0.1, 0.15) is 0 Å². The van der Waals surface area contributed by atoms with Crippen LogP contribution in [0.1, 0.15) is 20.3 Å². The van der Waals surface area contributed by atoms with E-state index in [1.165, 1.54) is 0 Å². The highest BCUT2D eigenvalue weighted by Gasteiger charge is 2.19. The van der Waals surface area contributed by atoms with Crippen LogP contribution in [0.15, 0.2) is 0 Å². The van der Waals surface area contributed by atoms with E-state index >= 15 is 0 Å². The van der Waals surface area contributed by atoms with Gasteiger partial charge in [0.05, 0.1) is 6.04 Å². The molecule has 2 atom stereocenters. The minimum absolute atomic E-state index is 0.0622. The average molecular weight is 203 g/mol. The normalized spacial score (nSPS) is 14.5. The van der Waals surface area contributed by atoms with E-state index in [4.69, 9.17) is 11.5 Å². The number of carbonyl (C=O) groups excluding carboxylic acids is 2. The number of carbonyl (C=O) groups is 2. The number of primary amides is 1. The standard InChI is InChI=1S/C8H17N3O3/c1-3-5(2)7(10)8(13)11-14-4-6(9)12/h5,7H,3-4,10H2,1-2H3,(H2,9,12)(H,11,13)/t5-,7-/m0/s1. The first-order valence-corrected chi connectivity index (χ1v) is 4.44. The summed E-state index contributed by atoms with van der Waals surface area (Å²) in [5.74, 6) is -1.03. The lowest BCUT2D eigenvalue weighted by atomic mass is 10.00. The maximum absolute atomic E-state index is 11.2. The van der Waals surface area contributed by atoms with Gasteiger partial charge in [0.2, 0.25) is 5.91 Å². The predicted molar refractivity (Wildman–Crippen MR) is 50.7 cm³/mol. The summed E-state index contributed by atoms with van der Waals surface area (Å²) in [6.45, 7) is 3.44. The van der Waals surface area contributed by atoms with Crippen LogP contribution in [0.3, 0.4) is 0 Å². The van der Waals surface area contributed by atoms with Crippen molar-refractivity contribution >= 4 is 11.8 Å². The van der Waals surface area contributed by atoms with E-state index in [0.29, 0.717) is 0 Å². The van der Waals surface area contributed by atoms with Gasteiger partial charge in [-0.1, -0.05) is 20.3 Å². The van der Waals surface area contributed by atoms with Crippen molar-refractivity contribution in [2.75, 3.05) is 6.61 Å². The molecule has 5 N–H and O–H groups in total. The van der Waals surface area contributed by atoms with Crippen molar-refractivity contribution < 1.29 is 14.4 Å². The number of hydroxylamine groups is 1. The molecule has 0 aromatic carbocycles. The van der Waals surface area contributed by atoms with Crippen LogP contribution in [-0.4, -0.2) is 24.5 Å². The third-order valence-electron chi connectivity index (χ3n) is 1.95. The molecule has 2 amide bonds. The van der Waals surface area contributed by atoms with Crippen LogP contribution in [0.4, 0.5) is 0 Å². The van der Waals surface area contributed by atoms with Crippen molar-refractivity contribution in [2.45, 2.75) is 26.3 Å². The Hall–Kier alpha value is -1.14. The van der Waals surface area contributed by atoms with Crippen molar-refractivity contribution in [1.29, 1.82) is 0 Å². The third-order valence-corrected chi connectivity index (χ3v) is 1.95. The molecule has 0 bridgehead atoms. The number of rotatable bonds is 6. The molecule has 0 fully saturated rings. The number of nitrogens with two attached hydrogens (primary N) is 2. The molecule has 0 aliphatic heterocycles. The highest BCUT2D eigenvalue weighted by atomic mass is 16.7. The van der Waals surface area contributed by atoms with E-state index in [1.54, 1.807) is 0 Å². The fraction of sp³-hybridized carbons (Fsp3) is 0.750. The van der Waals surface area contributed by atoms with Crippen molar-refractivity contribution in [3.63, 3.8) is 0 Å². The Balaban J connectivity index is 3.78. The second-order valence-corrected chi connectivity index (χ2v) is 3.13. The Bertz CT molecular complexity index is 208. The first-order chi connectivity index (χ1) is 6.49. The van der Waals surface area contributed by atoms with Crippen LogP contribution in [0.2, 0.25) is 0 Å². The van der Waals surface area contributed by atoms with E-state index < -0.39 is 17.9 Å². The lowest BCUT2D eigenvalue weighted by Crippen LogP contribution is -2.45. The molecule has 0 aliphatic carbocycles.